The molecular weight excluding hydrogens is 363 g/mol. The maximum absolute atomic E-state index is 6.05. The van der Waals surface area contributed by atoms with Crippen LogP contribution in [0.1, 0.15) is 12.5 Å². The van der Waals surface area contributed by atoms with Crippen molar-refractivity contribution in [2.45, 2.75) is 6.92 Å². The van der Waals surface area contributed by atoms with E-state index in [0.29, 0.717) is 15.2 Å². The molecular formula is C17H14Cl2N4S. The minimum Gasteiger partial charge on any atom is -0.399 e. The highest BCUT2D eigenvalue weighted by atomic mass is 35.5. The van der Waals surface area contributed by atoms with Crippen LogP contribution in [0.5, 0.6) is 0 Å². The Morgan fingerprint density at radius 3 is 2.58 bits per heavy atom. The molecule has 0 amide bonds. The van der Waals surface area contributed by atoms with Gasteiger partial charge < -0.3 is 5.73 Å². The number of nitrogens with zero attached hydrogens (tertiary/aromatic N) is 2. The Labute approximate surface area is 153 Å². The Morgan fingerprint density at radius 2 is 1.88 bits per heavy atom. The molecule has 0 radical (unpaired) electrons. The van der Waals surface area contributed by atoms with Gasteiger partial charge in [-0.25, -0.2) is 4.98 Å². The van der Waals surface area contributed by atoms with Crippen LogP contribution in [0.3, 0.4) is 0 Å². The number of benzene rings is 2. The zero-order valence-corrected chi connectivity index (χ0v) is 15.1. The van der Waals surface area contributed by atoms with Crippen molar-refractivity contribution in [3.05, 3.63) is 63.5 Å². The van der Waals surface area contributed by atoms with Crippen molar-refractivity contribution in [2.24, 2.45) is 5.10 Å². The lowest BCUT2D eigenvalue weighted by Gasteiger charge is -2.02. The van der Waals surface area contributed by atoms with E-state index >= 15 is 0 Å². The molecule has 0 saturated carbocycles. The molecule has 0 fully saturated rings. The van der Waals surface area contributed by atoms with E-state index in [-0.39, 0.29) is 0 Å². The molecule has 3 rings (SSSR count). The molecule has 2 aromatic carbocycles. The van der Waals surface area contributed by atoms with Crippen LogP contribution in [0.4, 0.5) is 10.8 Å². The number of anilines is 2. The van der Waals surface area contributed by atoms with Gasteiger partial charge in [0.15, 0.2) is 0 Å². The first-order chi connectivity index (χ1) is 11.5. The third-order valence-corrected chi connectivity index (χ3v) is 4.85. The number of hydrogen-bond acceptors (Lipinski definition) is 5. The van der Waals surface area contributed by atoms with E-state index in [2.05, 4.69) is 15.5 Å². The molecule has 0 atom stereocenters. The van der Waals surface area contributed by atoms with Gasteiger partial charge in [-0.05, 0) is 36.8 Å². The van der Waals surface area contributed by atoms with Gasteiger partial charge in [0.1, 0.15) is 0 Å². The second kappa shape index (κ2) is 7.21. The Balaban J connectivity index is 1.75. The molecule has 0 aliphatic carbocycles. The number of nitrogens with one attached hydrogen (secondary N) is 1. The van der Waals surface area contributed by atoms with Crippen LogP contribution in [0.2, 0.25) is 10.0 Å². The summed E-state index contributed by atoms with van der Waals surface area (Å²) in [4.78, 5) is 4.51. The summed E-state index contributed by atoms with van der Waals surface area (Å²) in [6.45, 7) is 1.92. The first-order valence-corrected chi connectivity index (χ1v) is 8.73. The summed E-state index contributed by atoms with van der Waals surface area (Å²) in [5.41, 5.74) is 13.0. The topological polar surface area (TPSA) is 63.3 Å². The molecule has 0 aliphatic rings. The van der Waals surface area contributed by atoms with Gasteiger partial charge in [-0.1, -0.05) is 41.4 Å². The Kier molecular flexibility index (Phi) is 5.04. The van der Waals surface area contributed by atoms with E-state index in [1.807, 2.05) is 42.6 Å². The predicted octanol–water partition coefficient (Wildman–Crippen LogP) is 5.54. The van der Waals surface area contributed by atoms with Crippen molar-refractivity contribution in [3.63, 3.8) is 0 Å². The van der Waals surface area contributed by atoms with Crippen molar-refractivity contribution < 1.29 is 0 Å². The lowest BCUT2D eigenvalue weighted by Crippen LogP contribution is -1.99. The molecule has 3 N–H and O–H groups in total. The lowest BCUT2D eigenvalue weighted by atomic mass is 10.1. The smallest absolute Gasteiger partial charge is 0.203 e. The maximum Gasteiger partial charge on any atom is 0.203 e. The first-order valence-electron chi connectivity index (χ1n) is 7.10. The van der Waals surface area contributed by atoms with E-state index in [1.165, 1.54) is 11.3 Å². The number of halogens is 2. The summed E-state index contributed by atoms with van der Waals surface area (Å²) in [7, 11) is 0. The van der Waals surface area contributed by atoms with Gasteiger partial charge in [-0.15, -0.1) is 11.3 Å². The molecule has 122 valence electrons. The van der Waals surface area contributed by atoms with Crippen LogP contribution in [-0.2, 0) is 0 Å². The molecule has 3 aromatic rings. The van der Waals surface area contributed by atoms with Gasteiger partial charge >= 0.3 is 0 Å². The number of aromatic nitrogens is 1. The highest BCUT2D eigenvalue weighted by Gasteiger charge is 2.07. The minimum atomic E-state index is 0.508. The summed E-state index contributed by atoms with van der Waals surface area (Å²) in [6.07, 6.45) is 0. The second-order valence-electron chi connectivity index (χ2n) is 5.10. The molecule has 0 saturated heterocycles. The minimum absolute atomic E-state index is 0.508. The summed E-state index contributed by atoms with van der Waals surface area (Å²) >= 11 is 13.5. The van der Waals surface area contributed by atoms with Crippen LogP contribution in [0.25, 0.3) is 11.3 Å². The van der Waals surface area contributed by atoms with E-state index in [0.717, 1.165) is 28.2 Å². The second-order valence-corrected chi connectivity index (χ2v) is 6.77. The fourth-order valence-electron chi connectivity index (χ4n) is 2.03. The maximum atomic E-state index is 6.05. The summed E-state index contributed by atoms with van der Waals surface area (Å²) in [6, 6.07) is 13.0. The van der Waals surface area contributed by atoms with Gasteiger partial charge in [-0.2, -0.15) is 5.10 Å². The van der Waals surface area contributed by atoms with Gasteiger partial charge in [0.2, 0.25) is 5.13 Å². The normalized spacial score (nSPS) is 11.5. The lowest BCUT2D eigenvalue weighted by molar-refractivity contribution is 1.27. The van der Waals surface area contributed by atoms with Crippen LogP contribution < -0.4 is 11.2 Å². The zero-order valence-electron chi connectivity index (χ0n) is 12.8. The highest BCUT2D eigenvalue weighted by Crippen LogP contribution is 2.30. The fraction of sp³-hybridized carbons (Fsp3) is 0.0588. The number of hydrazone groups is 1. The van der Waals surface area contributed by atoms with Crippen molar-refractivity contribution in [2.75, 3.05) is 11.2 Å². The monoisotopic (exact) mass is 376 g/mol. The summed E-state index contributed by atoms with van der Waals surface area (Å²) < 4.78 is 0. The van der Waals surface area contributed by atoms with Gasteiger partial charge in [-0.3, -0.25) is 5.43 Å². The molecule has 7 heteroatoms. The van der Waals surface area contributed by atoms with Crippen molar-refractivity contribution in [3.8, 4) is 11.3 Å². The van der Waals surface area contributed by atoms with E-state index < -0.39 is 0 Å². The number of hydrogen-bond donors (Lipinski definition) is 2. The number of rotatable bonds is 4. The number of nitrogens with two attached hydrogens (primary N) is 1. The molecule has 1 heterocycles. The number of nitrogen functional groups attached to an aromatic ring is 1. The predicted molar refractivity (Wildman–Crippen MR) is 104 cm³/mol. The Hall–Kier alpha value is -2.08. The fourth-order valence-corrected chi connectivity index (χ4v) is 2.99. The van der Waals surface area contributed by atoms with E-state index in [9.17, 15) is 0 Å². The molecule has 0 unspecified atom stereocenters. The standard InChI is InChI=1S/C17H14Cl2N4S/c1-10(11-2-5-13(20)6-3-11)22-23-17-21-16(9-24-17)12-4-7-14(18)15(19)8-12/h2-9H,20H2,1H3,(H,21,23)/b22-10-. The van der Waals surface area contributed by atoms with E-state index in [1.54, 1.807) is 12.1 Å². The van der Waals surface area contributed by atoms with Crippen molar-refractivity contribution >= 4 is 51.1 Å². The van der Waals surface area contributed by atoms with Crippen LogP contribution >= 0.6 is 34.5 Å². The van der Waals surface area contributed by atoms with E-state index in [4.69, 9.17) is 28.9 Å². The van der Waals surface area contributed by atoms with Crippen LogP contribution in [0.15, 0.2) is 52.9 Å². The van der Waals surface area contributed by atoms with Crippen molar-refractivity contribution in [1.29, 1.82) is 0 Å². The Morgan fingerprint density at radius 1 is 1.12 bits per heavy atom. The average Bonchev–Trinajstić information content (AvgIpc) is 3.05. The first kappa shape index (κ1) is 16.8. The van der Waals surface area contributed by atoms with Gasteiger partial charge in [0.05, 0.1) is 21.5 Å². The Bertz CT molecular complexity index is 888. The van der Waals surface area contributed by atoms with Crippen molar-refractivity contribution in [1.82, 2.24) is 4.98 Å². The highest BCUT2D eigenvalue weighted by molar-refractivity contribution is 7.14. The molecule has 0 aliphatic heterocycles. The van der Waals surface area contributed by atoms with Gasteiger partial charge in [0, 0.05) is 16.6 Å². The van der Waals surface area contributed by atoms with Crippen LogP contribution in [-0.4, -0.2) is 10.7 Å². The SMILES string of the molecule is C/C(=N/Nc1nc(-c2ccc(Cl)c(Cl)c2)cs1)c1ccc(N)cc1. The zero-order chi connectivity index (χ0) is 17.1. The average molecular weight is 377 g/mol. The van der Waals surface area contributed by atoms with Gasteiger partial charge in [0.25, 0.3) is 0 Å². The van der Waals surface area contributed by atoms with Crippen LogP contribution in [0, 0.1) is 0 Å². The molecule has 24 heavy (non-hydrogen) atoms. The largest absolute Gasteiger partial charge is 0.399 e. The third kappa shape index (κ3) is 3.87. The molecule has 0 bridgehead atoms. The third-order valence-electron chi connectivity index (χ3n) is 3.37. The number of thiazole rings is 1. The summed E-state index contributed by atoms with van der Waals surface area (Å²) in [5.74, 6) is 0. The molecule has 4 nitrogen and oxygen atoms in total. The molecule has 1 aromatic heterocycles. The summed E-state index contributed by atoms with van der Waals surface area (Å²) in [5, 5.41) is 8.03. The molecule has 0 spiro atoms. The quantitative estimate of drug-likeness (QED) is 0.357.